The Bertz CT molecular complexity index is 568. The van der Waals surface area contributed by atoms with Crippen molar-refractivity contribution in [1.82, 2.24) is 0 Å². The smallest absolute Gasteiger partial charge is 0.215 e. The van der Waals surface area contributed by atoms with E-state index in [1.165, 1.54) is 11.3 Å². The standard InChI is InChI=1S/C12H12O2S2/c1-2-10-8-9-12(15-10)16(13,14)11-6-4-3-5-7-11/h3-9H,2H2,1H3. The van der Waals surface area contributed by atoms with E-state index >= 15 is 0 Å². The maximum atomic E-state index is 12.2. The van der Waals surface area contributed by atoms with Gasteiger partial charge in [-0.1, -0.05) is 25.1 Å². The lowest BCUT2D eigenvalue weighted by molar-refractivity contribution is 0.598. The fraction of sp³-hybridized carbons (Fsp3) is 0.167. The fourth-order valence-corrected chi connectivity index (χ4v) is 4.13. The van der Waals surface area contributed by atoms with E-state index in [1.54, 1.807) is 30.3 Å². The molecule has 0 N–H and O–H groups in total. The molecule has 16 heavy (non-hydrogen) atoms. The molecule has 0 atom stereocenters. The Kier molecular flexibility index (Phi) is 3.12. The molecule has 0 bridgehead atoms. The van der Waals surface area contributed by atoms with E-state index < -0.39 is 9.84 Å². The highest BCUT2D eigenvalue weighted by atomic mass is 32.2. The van der Waals surface area contributed by atoms with Crippen molar-refractivity contribution in [3.05, 3.63) is 47.3 Å². The lowest BCUT2D eigenvalue weighted by atomic mass is 10.4. The molecule has 1 heterocycles. The van der Waals surface area contributed by atoms with Crippen molar-refractivity contribution in [2.45, 2.75) is 22.4 Å². The first-order valence-corrected chi connectivity index (χ1v) is 7.33. The van der Waals surface area contributed by atoms with Gasteiger partial charge >= 0.3 is 0 Å². The van der Waals surface area contributed by atoms with Crippen LogP contribution in [0, 0.1) is 0 Å². The van der Waals surface area contributed by atoms with Gasteiger partial charge < -0.3 is 0 Å². The Labute approximate surface area is 99.5 Å². The van der Waals surface area contributed by atoms with E-state index in [0.717, 1.165) is 11.3 Å². The third-order valence-electron chi connectivity index (χ3n) is 2.30. The third-order valence-corrected chi connectivity index (χ3v) is 5.79. The molecule has 4 heteroatoms. The minimum Gasteiger partial charge on any atom is -0.218 e. The zero-order chi connectivity index (χ0) is 11.6. The molecule has 2 nitrogen and oxygen atoms in total. The summed E-state index contributed by atoms with van der Waals surface area (Å²) in [5, 5.41) is 0. The van der Waals surface area contributed by atoms with Gasteiger partial charge in [0.15, 0.2) is 0 Å². The minimum absolute atomic E-state index is 0.361. The van der Waals surface area contributed by atoms with Crippen LogP contribution in [0.15, 0.2) is 51.6 Å². The average Bonchev–Trinajstić information content (AvgIpc) is 2.79. The summed E-state index contributed by atoms with van der Waals surface area (Å²) in [5.41, 5.74) is 0. The van der Waals surface area contributed by atoms with Crippen molar-refractivity contribution >= 4 is 21.2 Å². The van der Waals surface area contributed by atoms with Crippen LogP contribution >= 0.6 is 11.3 Å². The molecule has 0 fully saturated rings. The van der Waals surface area contributed by atoms with Crippen LogP contribution < -0.4 is 0 Å². The lowest BCUT2D eigenvalue weighted by Gasteiger charge is -2.00. The molecule has 0 aliphatic heterocycles. The molecule has 0 aliphatic carbocycles. The highest BCUT2D eigenvalue weighted by Crippen LogP contribution is 2.27. The number of sulfone groups is 1. The molecule has 0 spiro atoms. The molecule has 0 saturated carbocycles. The summed E-state index contributed by atoms with van der Waals surface area (Å²) in [7, 11) is -3.31. The van der Waals surface area contributed by atoms with Gasteiger partial charge in [-0.2, -0.15) is 0 Å². The SMILES string of the molecule is CCc1ccc(S(=O)(=O)c2ccccc2)s1. The van der Waals surface area contributed by atoms with Gasteiger partial charge in [-0.15, -0.1) is 11.3 Å². The van der Waals surface area contributed by atoms with E-state index in [2.05, 4.69) is 0 Å². The first kappa shape index (κ1) is 11.4. The Morgan fingerprint density at radius 1 is 1.06 bits per heavy atom. The van der Waals surface area contributed by atoms with Crippen molar-refractivity contribution < 1.29 is 8.42 Å². The second-order valence-corrected chi connectivity index (χ2v) is 6.74. The van der Waals surface area contributed by atoms with Gasteiger partial charge in [0.2, 0.25) is 9.84 Å². The summed E-state index contributed by atoms with van der Waals surface area (Å²) < 4.78 is 24.8. The number of hydrogen-bond donors (Lipinski definition) is 0. The van der Waals surface area contributed by atoms with Crippen LogP contribution in [0.5, 0.6) is 0 Å². The summed E-state index contributed by atoms with van der Waals surface area (Å²) in [6.45, 7) is 2.02. The summed E-state index contributed by atoms with van der Waals surface area (Å²) in [5.74, 6) is 0. The topological polar surface area (TPSA) is 34.1 Å². The van der Waals surface area contributed by atoms with E-state index in [-0.39, 0.29) is 0 Å². The predicted octanol–water partition coefficient (Wildman–Crippen LogP) is 3.14. The van der Waals surface area contributed by atoms with Gasteiger partial charge in [0.25, 0.3) is 0 Å². The van der Waals surface area contributed by atoms with Crippen LogP contribution in [0.3, 0.4) is 0 Å². The number of rotatable bonds is 3. The van der Waals surface area contributed by atoms with Crippen LogP contribution in [0.25, 0.3) is 0 Å². The maximum Gasteiger partial charge on any atom is 0.215 e. The quantitative estimate of drug-likeness (QED) is 0.841. The Hall–Kier alpha value is -1.13. The van der Waals surface area contributed by atoms with Gasteiger partial charge in [-0.05, 0) is 30.7 Å². The minimum atomic E-state index is -3.31. The predicted molar refractivity (Wildman–Crippen MR) is 65.6 cm³/mol. The van der Waals surface area contributed by atoms with Gasteiger partial charge in [0, 0.05) is 4.88 Å². The van der Waals surface area contributed by atoms with Crippen molar-refractivity contribution in [3.63, 3.8) is 0 Å². The molecule has 2 aromatic rings. The van der Waals surface area contributed by atoms with Gasteiger partial charge in [0.1, 0.15) is 4.21 Å². The third kappa shape index (κ3) is 2.03. The first-order chi connectivity index (χ1) is 7.64. The molecule has 0 saturated heterocycles. The van der Waals surface area contributed by atoms with Gasteiger partial charge in [-0.3, -0.25) is 0 Å². The normalized spacial score (nSPS) is 11.6. The number of aryl methyl sites for hydroxylation is 1. The van der Waals surface area contributed by atoms with Crippen LogP contribution in [-0.2, 0) is 16.3 Å². The monoisotopic (exact) mass is 252 g/mol. The van der Waals surface area contributed by atoms with E-state index in [4.69, 9.17) is 0 Å². The zero-order valence-corrected chi connectivity index (χ0v) is 10.5. The van der Waals surface area contributed by atoms with Crippen LogP contribution in [0.4, 0.5) is 0 Å². The molecule has 0 aliphatic rings. The van der Waals surface area contributed by atoms with Crippen molar-refractivity contribution in [2.75, 3.05) is 0 Å². The van der Waals surface area contributed by atoms with Crippen molar-refractivity contribution in [3.8, 4) is 0 Å². The Morgan fingerprint density at radius 3 is 2.31 bits per heavy atom. The second kappa shape index (κ2) is 4.39. The Balaban J connectivity index is 2.47. The van der Waals surface area contributed by atoms with Gasteiger partial charge in [0.05, 0.1) is 4.90 Å². The number of thiophene rings is 1. The second-order valence-electron chi connectivity index (χ2n) is 3.39. The molecule has 0 radical (unpaired) electrons. The molecule has 2 rings (SSSR count). The van der Waals surface area contributed by atoms with E-state index in [1.807, 2.05) is 19.1 Å². The van der Waals surface area contributed by atoms with Crippen LogP contribution in [0.2, 0.25) is 0 Å². The first-order valence-electron chi connectivity index (χ1n) is 5.03. The molecule has 0 unspecified atom stereocenters. The Morgan fingerprint density at radius 2 is 1.75 bits per heavy atom. The zero-order valence-electron chi connectivity index (χ0n) is 8.88. The van der Waals surface area contributed by atoms with Crippen molar-refractivity contribution in [2.24, 2.45) is 0 Å². The molecule has 0 amide bonds. The summed E-state index contributed by atoms with van der Waals surface area (Å²) in [4.78, 5) is 1.45. The largest absolute Gasteiger partial charge is 0.218 e. The molecule has 1 aromatic heterocycles. The summed E-state index contributed by atoms with van der Waals surface area (Å²) >= 11 is 1.35. The van der Waals surface area contributed by atoms with Crippen LogP contribution in [0.1, 0.15) is 11.8 Å². The number of benzene rings is 1. The van der Waals surface area contributed by atoms with Gasteiger partial charge in [-0.25, -0.2) is 8.42 Å². The highest BCUT2D eigenvalue weighted by molar-refractivity contribution is 7.93. The lowest BCUT2D eigenvalue weighted by Crippen LogP contribution is -1.98. The molecular weight excluding hydrogens is 240 g/mol. The van der Waals surface area contributed by atoms with Crippen LogP contribution in [-0.4, -0.2) is 8.42 Å². The molecular formula is C12H12O2S2. The van der Waals surface area contributed by atoms with E-state index in [9.17, 15) is 8.42 Å². The van der Waals surface area contributed by atoms with Crippen molar-refractivity contribution in [1.29, 1.82) is 0 Å². The fourth-order valence-electron chi connectivity index (χ4n) is 1.41. The van der Waals surface area contributed by atoms with E-state index in [0.29, 0.717) is 9.10 Å². The number of hydrogen-bond acceptors (Lipinski definition) is 3. The molecule has 1 aromatic carbocycles. The average molecular weight is 252 g/mol. The molecule has 84 valence electrons. The maximum absolute atomic E-state index is 12.2. The summed E-state index contributed by atoms with van der Waals surface area (Å²) in [6.07, 6.45) is 0.870. The summed E-state index contributed by atoms with van der Waals surface area (Å²) in [6, 6.07) is 12.1. The highest BCUT2D eigenvalue weighted by Gasteiger charge is 2.18.